The van der Waals surface area contributed by atoms with E-state index < -0.39 is 0 Å². The molecule has 2 rings (SSSR count). The molecule has 2 aromatic carbocycles. The molecule has 0 aliphatic heterocycles. The summed E-state index contributed by atoms with van der Waals surface area (Å²) < 4.78 is 5.53. The molecular formula is C16H17ClN2O2. The van der Waals surface area contributed by atoms with E-state index in [0.29, 0.717) is 23.0 Å². The zero-order chi connectivity index (χ0) is 15.2. The second-order valence-electron chi connectivity index (χ2n) is 4.70. The summed E-state index contributed by atoms with van der Waals surface area (Å²) in [4.78, 5) is 11.8. The molecule has 0 spiro atoms. The summed E-state index contributed by atoms with van der Waals surface area (Å²) >= 11 is 5.99. The van der Waals surface area contributed by atoms with Gasteiger partial charge in [0.25, 0.3) is 0 Å². The number of amides is 1. The van der Waals surface area contributed by atoms with Crippen molar-refractivity contribution in [2.75, 3.05) is 17.7 Å². The van der Waals surface area contributed by atoms with E-state index in [1.54, 1.807) is 18.2 Å². The molecule has 0 radical (unpaired) electrons. The average Bonchev–Trinajstić information content (AvgIpc) is 2.42. The highest BCUT2D eigenvalue weighted by Crippen LogP contribution is 2.24. The van der Waals surface area contributed by atoms with Gasteiger partial charge in [-0.1, -0.05) is 23.7 Å². The number of rotatable bonds is 5. The molecule has 5 heteroatoms. The zero-order valence-electron chi connectivity index (χ0n) is 11.7. The van der Waals surface area contributed by atoms with Crippen LogP contribution in [0.15, 0.2) is 42.5 Å². The number of hydrogen-bond donors (Lipinski definition) is 2. The van der Waals surface area contributed by atoms with E-state index in [9.17, 15) is 4.79 Å². The third-order valence-electron chi connectivity index (χ3n) is 2.85. The fraction of sp³-hybridized carbons (Fsp3) is 0.188. The Morgan fingerprint density at radius 1 is 1.29 bits per heavy atom. The monoisotopic (exact) mass is 304 g/mol. The molecule has 2 aromatic rings. The maximum absolute atomic E-state index is 11.8. The van der Waals surface area contributed by atoms with Crippen molar-refractivity contribution >= 4 is 28.9 Å². The number of nitrogens with two attached hydrogens (primary N) is 1. The molecule has 0 heterocycles. The van der Waals surface area contributed by atoms with Crippen molar-refractivity contribution in [1.29, 1.82) is 0 Å². The molecule has 0 aliphatic carbocycles. The van der Waals surface area contributed by atoms with Crippen LogP contribution >= 0.6 is 11.6 Å². The summed E-state index contributed by atoms with van der Waals surface area (Å²) in [5.41, 5.74) is 7.82. The van der Waals surface area contributed by atoms with E-state index in [0.717, 1.165) is 11.3 Å². The van der Waals surface area contributed by atoms with Gasteiger partial charge < -0.3 is 15.8 Å². The summed E-state index contributed by atoms with van der Waals surface area (Å²) in [6.45, 7) is 2.30. The number of carbonyl (C=O) groups excluding carboxylic acids is 1. The van der Waals surface area contributed by atoms with Gasteiger partial charge in [0, 0.05) is 5.69 Å². The smallest absolute Gasteiger partial charge is 0.227 e. The maximum Gasteiger partial charge on any atom is 0.227 e. The molecule has 0 bridgehead atoms. The van der Waals surface area contributed by atoms with Crippen LogP contribution in [0.4, 0.5) is 11.4 Å². The lowest BCUT2D eigenvalue weighted by atomic mass is 10.2. The Hall–Kier alpha value is -2.20. The van der Waals surface area contributed by atoms with Crippen LogP contribution < -0.4 is 15.8 Å². The van der Waals surface area contributed by atoms with Crippen LogP contribution in [0, 0.1) is 6.92 Å². The lowest BCUT2D eigenvalue weighted by Crippen LogP contribution is -2.15. The number of benzene rings is 2. The molecular weight excluding hydrogens is 288 g/mol. The maximum atomic E-state index is 11.8. The normalized spacial score (nSPS) is 10.2. The fourth-order valence-electron chi connectivity index (χ4n) is 1.81. The van der Waals surface area contributed by atoms with E-state index in [2.05, 4.69) is 5.32 Å². The standard InChI is InChI=1S/C16H17ClN2O2/c1-11-3-2-4-13(9-11)21-8-7-16(20)19-15-6-5-12(18)10-14(15)17/h2-6,9-10H,7-8,18H2,1H3,(H,19,20). The van der Waals surface area contributed by atoms with Crippen LogP contribution in [0.3, 0.4) is 0 Å². The quantitative estimate of drug-likeness (QED) is 0.829. The lowest BCUT2D eigenvalue weighted by molar-refractivity contribution is -0.116. The van der Waals surface area contributed by atoms with Crippen molar-refractivity contribution in [3.8, 4) is 5.75 Å². The number of aryl methyl sites for hydroxylation is 1. The lowest BCUT2D eigenvalue weighted by Gasteiger charge is -2.09. The molecule has 4 nitrogen and oxygen atoms in total. The Labute approximate surface area is 128 Å². The van der Waals surface area contributed by atoms with Gasteiger partial charge in [-0.25, -0.2) is 0 Å². The molecule has 0 aliphatic rings. The Balaban J connectivity index is 1.82. The summed E-state index contributed by atoms with van der Waals surface area (Å²) in [5, 5.41) is 3.15. The van der Waals surface area contributed by atoms with Gasteiger partial charge in [0.05, 0.1) is 23.7 Å². The third kappa shape index (κ3) is 4.68. The second-order valence-corrected chi connectivity index (χ2v) is 5.11. The number of carbonyl (C=O) groups is 1. The van der Waals surface area contributed by atoms with Crippen molar-refractivity contribution < 1.29 is 9.53 Å². The predicted octanol–water partition coefficient (Wildman–Crippen LogP) is 3.64. The molecule has 21 heavy (non-hydrogen) atoms. The van der Waals surface area contributed by atoms with Gasteiger partial charge >= 0.3 is 0 Å². The fourth-order valence-corrected chi connectivity index (χ4v) is 2.05. The summed E-state index contributed by atoms with van der Waals surface area (Å²) in [6.07, 6.45) is 0.245. The molecule has 0 fully saturated rings. The minimum absolute atomic E-state index is 0.158. The Kier molecular flexibility index (Phi) is 5.06. The number of halogens is 1. The largest absolute Gasteiger partial charge is 0.493 e. The highest BCUT2D eigenvalue weighted by molar-refractivity contribution is 6.34. The third-order valence-corrected chi connectivity index (χ3v) is 3.17. The molecule has 0 aromatic heterocycles. The van der Waals surface area contributed by atoms with Crippen LogP contribution in [-0.2, 0) is 4.79 Å². The van der Waals surface area contributed by atoms with E-state index in [1.807, 2.05) is 31.2 Å². The van der Waals surface area contributed by atoms with Crippen LogP contribution in [-0.4, -0.2) is 12.5 Å². The van der Waals surface area contributed by atoms with Gasteiger partial charge in [0.15, 0.2) is 0 Å². The van der Waals surface area contributed by atoms with Gasteiger partial charge in [0.2, 0.25) is 5.91 Å². The molecule has 3 N–H and O–H groups in total. The number of nitrogens with one attached hydrogen (secondary N) is 1. The highest BCUT2D eigenvalue weighted by Gasteiger charge is 2.06. The van der Waals surface area contributed by atoms with Crippen molar-refractivity contribution in [2.24, 2.45) is 0 Å². The Morgan fingerprint density at radius 2 is 2.10 bits per heavy atom. The van der Waals surface area contributed by atoms with Crippen LogP contribution in [0.2, 0.25) is 5.02 Å². The minimum Gasteiger partial charge on any atom is -0.493 e. The average molecular weight is 305 g/mol. The summed E-state index contributed by atoms with van der Waals surface area (Å²) in [6, 6.07) is 12.7. The first-order valence-corrected chi connectivity index (χ1v) is 6.97. The van der Waals surface area contributed by atoms with Crippen LogP contribution in [0.5, 0.6) is 5.75 Å². The number of anilines is 2. The highest BCUT2D eigenvalue weighted by atomic mass is 35.5. The van der Waals surface area contributed by atoms with Gasteiger partial charge in [-0.05, 0) is 42.8 Å². The molecule has 0 atom stereocenters. The second kappa shape index (κ2) is 6.99. The zero-order valence-corrected chi connectivity index (χ0v) is 12.5. The number of hydrogen-bond acceptors (Lipinski definition) is 3. The van der Waals surface area contributed by atoms with E-state index in [4.69, 9.17) is 22.1 Å². The number of ether oxygens (including phenoxy) is 1. The first kappa shape index (κ1) is 15.2. The number of nitrogen functional groups attached to an aromatic ring is 1. The van der Waals surface area contributed by atoms with Gasteiger partial charge in [-0.15, -0.1) is 0 Å². The molecule has 0 saturated carbocycles. The van der Waals surface area contributed by atoms with Crippen molar-refractivity contribution in [3.63, 3.8) is 0 Å². The van der Waals surface area contributed by atoms with Crippen molar-refractivity contribution in [3.05, 3.63) is 53.1 Å². The van der Waals surface area contributed by atoms with Gasteiger partial charge in [-0.3, -0.25) is 4.79 Å². The van der Waals surface area contributed by atoms with E-state index in [1.165, 1.54) is 0 Å². The van der Waals surface area contributed by atoms with Gasteiger partial charge in [-0.2, -0.15) is 0 Å². The molecule has 110 valence electrons. The van der Waals surface area contributed by atoms with Crippen molar-refractivity contribution in [1.82, 2.24) is 0 Å². The molecule has 1 amide bonds. The Bertz CT molecular complexity index is 644. The Morgan fingerprint density at radius 3 is 2.81 bits per heavy atom. The summed E-state index contributed by atoms with van der Waals surface area (Å²) in [7, 11) is 0. The van der Waals surface area contributed by atoms with Crippen LogP contribution in [0.1, 0.15) is 12.0 Å². The van der Waals surface area contributed by atoms with Crippen LogP contribution in [0.25, 0.3) is 0 Å². The molecule has 0 unspecified atom stereocenters. The van der Waals surface area contributed by atoms with Gasteiger partial charge in [0.1, 0.15) is 5.75 Å². The topological polar surface area (TPSA) is 64.3 Å². The SMILES string of the molecule is Cc1cccc(OCCC(=O)Nc2ccc(N)cc2Cl)c1. The molecule has 0 saturated heterocycles. The summed E-state index contributed by atoms with van der Waals surface area (Å²) in [5.74, 6) is 0.600. The van der Waals surface area contributed by atoms with E-state index in [-0.39, 0.29) is 12.3 Å². The van der Waals surface area contributed by atoms with E-state index >= 15 is 0 Å². The first-order valence-electron chi connectivity index (χ1n) is 6.59. The first-order chi connectivity index (χ1) is 10.0. The predicted molar refractivity (Wildman–Crippen MR) is 85.8 cm³/mol. The minimum atomic E-state index is -0.158. The van der Waals surface area contributed by atoms with Crippen molar-refractivity contribution in [2.45, 2.75) is 13.3 Å².